The van der Waals surface area contributed by atoms with Crippen molar-refractivity contribution in [3.63, 3.8) is 0 Å². The van der Waals surface area contributed by atoms with Crippen molar-refractivity contribution in [1.29, 1.82) is 0 Å². The van der Waals surface area contributed by atoms with E-state index in [1.807, 2.05) is 6.07 Å². The molecule has 1 heterocycles. The predicted octanol–water partition coefficient (Wildman–Crippen LogP) is 4.09. The zero-order chi connectivity index (χ0) is 17.3. The van der Waals surface area contributed by atoms with Crippen LogP contribution >= 0.6 is 11.6 Å². The maximum atomic E-state index is 12.9. The van der Waals surface area contributed by atoms with Crippen LogP contribution in [0.2, 0.25) is 5.02 Å². The molecular formula is C17H12ClF3N2O. The second-order valence-electron chi connectivity index (χ2n) is 5.29. The second-order valence-corrected chi connectivity index (χ2v) is 5.72. The Kier molecular flexibility index (Phi) is 4.32. The number of rotatable bonds is 2. The number of fused-ring (bicyclic) bond motifs is 1. The highest BCUT2D eigenvalue weighted by Gasteiger charge is 2.36. The summed E-state index contributed by atoms with van der Waals surface area (Å²) < 4.78 is 38.6. The zero-order valence-corrected chi connectivity index (χ0v) is 13.1. The van der Waals surface area contributed by atoms with Crippen molar-refractivity contribution < 1.29 is 18.0 Å². The summed E-state index contributed by atoms with van der Waals surface area (Å²) in [6, 6.07) is 13.4. The molecule has 0 bridgehead atoms. The molecule has 0 N–H and O–H groups in total. The molecule has 3 nitrogen and oxygen atoms in total. The van der Waals surface area contributed by atoms with Crippen molar-refractivity contribution in [1.82, 2.24) is 0 Å². The van der Waals surface area contributed by atoms with Crippen LogP contribution in [-0.2, 0) is 4.79 Å². The van der Waals surface area contributed by atoms with E-state index in [1.54, 1.807) is 24.3 Å². The molecule has 2 aromatic rings. The summed E-state index contributed by atoms with van der Waals surface area (Å²) in [5, 5.41) is 0.360. The van der Waals surface area contributed by atoms with Crippen LogP contribution in [0.25, 0.3) is 0 Å². The smallest absolute Gasteiger partial charge is 0.301 e. The topological polar surface area (TPSA) is 32.7 Å². The first-order chi connectivity index (χ1) is 11.3. The largest absolute Gasteiger partial charge is 0.406 e. The Balaban J connectivity index is 2.16. The van der Waals surface area contributed by atoms with Gasteiger partial charge in [0.1, 0.15) is 13.1 Å². The highest BCUT2D eigenvalue weighted by atomic mass is 35.5. The summed E-state index contributed by atoms with van der Waals surface area (Å²) in [5.74, 6) is -0.707. The molecular weight excluding hydrogens is 347 g/mol. The van der Waals surface area contributed by atoms with Crippen LogP contribution < -0.4 is 4.90 Å². The van der Waals surface area contributed by atoms with Crippen LogP contribution in [0.4, 0.5) is 18.9 Å². The summed E-state index contributed by atoms with van der Waals surface area (Å²) in [4.78, 5) is 17.2. The van der Waals surface area contributed by atoms with Gasteiger partial charge in [0.25, 0.3) is 0 Å². The Labute approximate surface area is 141 Å². The molecule has 0 fully saturated rings. The Morgan fingerprint density at radius 2 is 1.83 bits per heavy atom. The normalized spacial score (nSPS) is 14.9. The highest BCUT2D eigenvalue weighted by Crippen LogP contribution is 2.31. The molecule has 2 aromatic carbocycles. The first kappa shape index (κ1) is 16.5. The number of amides is 1. The van der Waals surface area contributed by atoms with Gasteiger partial charge in [-0.05, 0) is 18.2 Å². The van der Waals surface area contributed by atoms with Crippen LogP contribution in [0.5, 0.6) is 0 Å². The fraction of sp³-hybridized carbons (Fsp3) is 0.176. The first-order valence-corrected chi connectivity index (χ1v) is 7.50. The van der Waals surface area contributed by atoms with Gasteiger partial charge in [0.15, 0.2) is 0 Å². The monoisotopic (exact) mass is 358 g/mol. The molecule has 1 aliphatic heterocycles. The molecule has 0 unspecified atom stereocenters. The summed E-state index contributed by atoms with van der Waals surface area (Å²) >= 11 is 6.02. The van der Waals surface area contributed by atoms with Gasteiger partial charge in [0.05, 0.1) is 11.4 Å². The minimum Gasteiger partial charge on any atom is -0.301 e. The minimum atomic E-state index is -4.51. The fourth-order valence-electron chi connectivity index (χ4n) is 2.58. The van der Waals surface area contributed by atoms with Gasteiger partial charge in [0, 0.05) is 16.1 Å². The van der Waals surface area contributed by atoms with Crippen LogP contribution in [0.15, 0.2) is 53.5 Å². The van der Waals surface area contributed by atoms with Gasteiger partial charge >= 0.3 is 6.18 Å². The molecule has 0 saturated heterocycles. The number of hydrogen-bond donors (Lipinski definition) is 0. The fourth-order valence-corrected chi connectivity index (χ4v) is 2.75. The van der Waals surface area contributed by atoms with E-state index >= 15 is 0 Å². The number of benzene rings is 2. The van der Waals surface area contributed by atoms with Crippen LogP contribution in [-0.4, -0.2) is 30.9 Å². The standard InChI is InChI=1S/C17H12ClF3N2O/c18-12-6-7-14-13(8-12)16(11-4-2-1-3-5-11)22-9-15(24)23(14)10-17(19,20)21/h1-8H,9-10H2/i6+1,7+1,8+1,12+1,13+1,14+1. The number of anilines is 1. The van der Waals surface area contributed by atoms with Crippen LogP contribution in [0.3, 0.4) is 0 Å². The van der Waals surface area contributed by atoms with E-state index < -0.39 is 18.6 Å². The first-order valence-electron chi connectivity index (χ1n) is 7.12. The lowest BCUT2D eigenvalue weighted by atomic mass is 10.2. The summed E-state index contributed by atoms with van der Waals surface area (Å²) in [6.07, 6.45) is -4.51. The number of halogens is 4. The number of nitrogens with zero attached hydrogens (tertiary/aromatic N) is 2. The van der Waals surface area contributed by atoms with E-state index in [-0.39, 0.29) is 12.2 Å². The van der Waals surface area contributed by atoms with Crippen LogP contribution in [0, 0.1) is 0 Å². The highest BCUT2D eigenvalue weighted by molar-refractivity contribution is 6.32. The van der Waals surface area contributed by atoms with Crippen LogP contribution in [0.1, 0.15) is 11.1 Å². The van der Waals surface area contributed by atoms with Crippen molar-refractivity contribution in [2.24, 2.45) is 4.99 Å². The summed E-state index contributed by atoms with van der Waals surface area (Å²) in [7, 11) is 0. The maximum absolute atomic E-state index is 12.9. The average molecular weight is 359 g/mol. The van der Waals surface area contributed by atoms with E-state index in [0.717, 1.165) is 0 Å². The number of hydrogen-bond acceptors (Lipinski definition) is 2. The quantitative estimate of drug-likeness (QED) is 0.796. The molecule has 1 aliphatic rings. The van der Waals surface area contributed by atoms with Crippen molar-refractivity contribution >= 4 is 28.9 Å². The van der Waals surface area contributed by atoms with Gasteiger partial charge in [-0.3, -0.25) is 9.79 Å². The van der Waals surface area contributed by atoms with Crippen molar-refractivity contribution in [2.45, 2.75) is 6.18 Å². The van der Waals surface area contributed by atoms with E-state index in [0.29, 0.717) is 26.8 Å². The van der Waals surface area contributed by atoms with Crippen molar-refractivity contribution in [3.8, 4) is 0 Å². The van der Waals surface area contributed by atoms with Gasteiger partial charge in [-0.25, -0.2) is 0 Å². The average Bonchev–Trinajstić information content (AvgIpc) is 2.65. The Morgan fingerprint density at radius 3 is 2.50 bits per heavy atom. The third-order valence-corrected chi connectivity index (χ3v) is 3.80. The molecule has 3 rings (SSSR count). The zero-order valence-electron chi connectivity index (χ0n) is 12.3. The van der Waals surface area contributed by atoms with Gasteiger partial charge in [-0.2, -0.15) is 13.2 Å². The van der Waals surface area contributed by atoms with Gasteiger partial charge in [-0.1, -0.05) is 41.9 Å². The minimum absolute atomic E-state index is 0.154. The predicted molar refractivity (Wildman–Crippen MR) is 86.8 cm³/mol. The Hall–Kier alpha value is -2.34. The number of aliphatic imine (C=N–C) groups is 1. The summed E-state index contributed by atoms with van der Waals surface area (Å²) in [5.41, 5.74) is 1.72. The lowest BCUT2D eigenvalue weighted by molar-refractivity contribution is -0.131. The van der Waals surface area contributed by atoms with E-state index in [4.69, 9.17) is 11.6 Å². The summed E-state index contributed by atoms with van der Waals surface area (Å²) in [6.45, 7) is -1.72. The molecule has 0 spiro atoms. The van der Waals surface area contributed by atoms with E-state index in [2.05, 4.69) is 4.99 Å². The van der Waals surface area contributed by atoms with Gasteiger partial charge in [0.2, 0.25) is 5.91 Å². The molecule has 0 radical (unpaired) electrons. The number of alkyl halides is 3. The number of carbonyl (C=O) groups excluding carboxylic acids is 1. The molecule has 0 aromatic heterocycles. The molecule has 24 heavy (non-hydrogen) atoms. The lowest BCUT2D eigenvalue weighted by Crippen LogP contribution is -2.40. The SMILES string of the molecule is O=C1CN=C(c2ccccc2)[13c]2[13cH][13c](Cl)[13cH][13cH][13c]2N1CC(F)(F)F. The molecule has 1 amide bonds. The lowest BCUT2D eigenvalue weighted by Gasteiger charge is -2.24. The van der Waals surface area contributed by atoms with Crippen molar-refractivity contribution in [3.05, 3.63) is 64.7 Å². The molecule has 124 valence electrons. The molecule has 0 saturated carbocycles. The van der Waals surface area contributed by atoms with E-state index in [9.17, 15) is 18.0 Å². The maximum Gasteiger partial charge on any atom is 0.406 e. The van der Waals surface area contributed by atoms with Gasteiger partial charge in [-0.15, -0.1) is 0 Å². The third kappa shape index (κ3) is 3.43. The van der Waals surface area contributed by atoms with E-state index in [1.165, 1.54) is 18.2 Å². The molecule has 0 aliphatic carbocycles. The molecule has 0 atom stereocenters. The second kappa shape index (κ2) is 6.28. The Bertz CT molecular complexity index is 803. The third-order valence-electron chi connectivity index (χ3n) is 3.56. The number of carbonyl (C=O) groups is 1. The molecule has 7 heteroatoms. The Morgan fingerprint density at radius 1 is 1.12 bits per heavy atom. The number of benzodiazepines with no additional fused rings is 1. The van der Waals surface area contributed by atoms with Crippen molar-refractivity contribution in [2.75, 3.05) is 18.0 Å². The van der Waals surface area contributed by atoms with Gasteiger partial charge < -0.3 is 4.90 Å².